The summed E-state index contributed by atoms with van der Waals surface area (Å²) in [6.45, 7) is 5.16. The number of hydrogen-bond acceptors (Lipinski definition) is 11. The Hall–Kier alpha value is -3.80. The van der Waals surface area contributed by atoms with Gasteiger partial charge >= 0.3 is 23.9 Å². The van der Waals surface area contributed by atoms with Crippen molar-refractivity contribution in [3.05, 3.63) is 11.3 Å². The number of carboxylic acids is 1. The van der Waals surface area contributed by atoms with Crippen molar-refractivity contribution in [2.24, 2.45) is 5.11 Å². The molecule has 1 aliphatic rings. The summed E-state index contributed by atoms with van der Waals surface area (Å²) in [5.41, 5.74) is 7.11. The molecule has 1 rings (SSSR count). The topological polar surface area (TPSA) is 205 Å². The van der Waals surface area contributed by atoms with E-state index in [0.29, 0.717) is 0 Å². The molecule has 32 heavy (non-hydrogen) atoms. The van der Waals surface area contributed by atoms with Gasteiger partial charge in [0.15, 0.2) is 24.4 Å². The van der Waals surface area contributed by atoms with Gasteiger partial charge in [-0.3, -0.25) is 19.2 Å². The molecule has 0 saturated carbocycles. The molecule has 1 amide bonds. The Balaban J connectivity index is 3.64. The minimum atomic E-state index is -1.54. The fourth-order valence-electron chi connectivity index (χ4n) is 3.15. The Labute approximate surface area is 182 Å². The predicted octanol–water partition coefficient (Wildman–Crippen LogP) is -0.406. The number of aliphatic carboxylic acids is 1. The molecular formula is C18H25N4O10+. The third-order valence-corrected chi connectivity index (χ3v) is 4.26. The third-order valence-electron chi connectivity index (χ3n) is 4.26. The van der Waals surface area contributed by atoms with Gasteiger partial charge < -0.3 is 29.4 Å². The lowest BCUT2D eigenvalue weighted by Gasteiger charge is -2.40. The van der Waals surface area contributed by atoms with Crippen LogP contribution in [0.25, 0.3) is 0 Å². The molecule has 5 atom stereocenters. The van der Waals surface area contributed by atoms with Crippen molar-refractivity contribution in [2.45, 2.75) is 65.0 Å². The first-order chi connectivity index (χ1) is 14.9. The highest BCUT2D eigenvalue weighted by Crippen LogP contribution is 2.31. The lowest BCUT2D eigenvalue weighted by Crippen LogP contribution is -2.61. The number of esters is 3. The van der Waals surface area contributed by atoms with Crippen molar-refractivity contribution in [3.8, 4) is 0 Å². The molecule has 0 aliphatic carbocycles. The molecule has 0 aromatic carbocycles. The number of amides is 1. The summed E-state index contributed by atoms with van der Waals surface area (Å²) >= 11 is 0. The van der Waals surface area contributed by atoms with Crippen molar-refractivity contribution in [1.82, 2.24) is 10.2 Å². The monoisotopic (exact) mass is 457 g/mol. The number of nitrogens with zero attached hydrogens (tertiary/aromatic N) is 2. The molecule has 14 nitrogen and oxygen atoms in total. The molecule has 0 aromatic heterocycles. The van der Waals surface area contributed by atoms with Gasteiger partial charge in [0.05, 0.1) is 0 Å². The fraction of sp³-hybridized carbons (Fsp3) is 0.611. The van der Waals surface area contributed by atoms with Crippen LogP contribution in [0.5, 0.6) is 0 Å². The molecule has 5 unspecified atom stereocenters. The summed E-state index contributed by atoms with van der Waals surface area (Å²) in [6.07, 6.45) is -4.45. The quantitative estimate of drug-likeness (QED) is 0.177. The van der Waals surface area contributed by atoms with Crippen LogP contribution >= 0.6 is 0 Å². The minimum Gasteiger partial charge on any atom is -0.477 e. The largest absolute Gasteiger partial charge is 0.477 e. The number of hydrogen-bond donors (Lipinski definition) is 3. The van der Waals surface area contributed by atoms with Crippen LogP contribution in [0.15, 0.2) is 16.4 Å². The smallest absolute Gasteiger partial charge is 0.371 e. The molecular weight excluding hydrogens is 432 g/mol. The molecule has 176 valence electrons. The number of carboxylic acid groups (broad SMARTS) is 1. The van der Waals surface area contributed by atoms with E-state index in [1.165, 1.54) is 13.8 Å². The van der Waals surface area contributed by atoms with E-state index >= 15 is 0 Å². The average molecular weight is 457 g/mol. The number of carbonyl (C=O) groups excluding carboxylic acids is 4. The van der Waals surface area contributed by atoms with Gasteiger partial charge in [0.2, 0.25) is 16.6 Å². The summed E-state index contributed by atoms with van der Waals surface area (Å²) in [5, 5.41) is 15.7. The second-order valence-electron chi connectivity index (χ2n) is 6.81. The predicted molar refractivity (Wildman–Crippen MR) is 102 cm³/mol. The summed E-state index contributed by atoms with van der Waals surface area (Å²) < 4.78 is 20.9. The van der Waals surface area contributed by atoms with Gasteiger partial charge in [-0.2, -0.15) is 0 Å². The van der Waals surface area contributed by atoms with Crippen LogP contribution in [0.4, 0.5) is 0 Å². The van der Waals surface area contributed by atoms with Crippen LogP contribution < -0.4 is 10.2 Å². The van der Waals surface area contributed by atoms with Gasteiger partial charge in [-0.1, -0.05) is 0 Å². The van der Waals surface area contributed by atoms with Crippen molar-refractivity contribution in [2.75, 3.05) is 6.61 Å². The van der Waals surface area contributed by atoms with Crippen LogP contribution in [0, 0.1) is 5.53 Å². The number of carbonyl (C=O) groups is 5. The molecule has 0 radical (unpaired) electrons. The minimum absolute atomic E-state index is 0.0362. The normalized spacial score (nSPS) is 21.7. The first-order valence-electron chi connectivity index (χ1n) is 9.31. The average Bonchev–Trinajstić information content (AvgIpc) is 2.65. The van der Waals surface area contributed by atoms with E-state index in [2.05, 4.69) is 15.3 Å². The zero-order chi connectivity index (χ0) is 24.6. The molecule has 0 aromatic rings. The molecule has 0 fully saturated rings. The van der Waals surface area contributed by atoms with Crippen LogP contribution in [0.2, 0.25) is 0 Å². The maximum Gasteiger partial charge on any atom is 0.371 e. The van der Waals surface area contributed by atoms with Crippen molar-refractivity contribution < 1.29 is 48.0 Å². The summed E-state index contributed by atoms with van der Waals surface area (Å²) in [6, 6.07) is -2.38. The van der Waals surface area contributed by atoms with Gasteiger partial charge in [-0.25, -0.2) is 4.79 Å². The first kappa shape index (κ1) is 26.2. The summed E-state index contributed by atoms with van der Waals surface area (Å²) in [4.78, 5) is 61.3. The van der Waals surface area contributed by atoms with E-state index in [1.54, 1.807) is 0 Å². The maximum atomic E-state index is 11.9. The maximum absolute atomic E-state index is 11.9. The van der Waals surface area contributed by atoms with E-state index < -0.39 is 72.5 Å². The molecule has 1 heterocycles. The lowest BCUT2D eigenvalue weighted by atomic mass is 9.88. The van der Waals surface area contributed by atoms with Crippen LogP contribution in [-0.4, -0.2) is 71.9 Å². The van der Waals surface area contributed by atoms with E-state index in [-0.39, 0.29) is 5.57 Å². The van der Waals surface area contributed by atoms with E-state index in [9.17, 15) is 29.1 Å². The molecule has 14 heteroatoms. The second-order valence-corrected chi connectivity index (χ2v) is 6.81. The molecule has 3 N–H and O–H groups in total. The fourth-order valence-corrected chi connectivity index (χ4v) is 3.15. The Morgan fingerprint density at radius 1 is 1.12 bits per heavy atom. The molecule has 0 bridgehead atoms. The Kier molecular flexibility index (Phi) is 9.47. The van der Waals surface area contributed by atoms with Crippen molar-refractivity contribution in [1.29, 1.82) is 5.53 Å². The van der Waals surface area contributed by atoms with Gasteiger partial charge in [0.25, 0.3) is 0 Å². The van der Waals surface area contributed by atoms with E-state index in [0.717, 1.165) is 20.8 Å². The van der Waals surface area contributed by atoms with Crippen LogP contribution in [0.1, 0.15) is 34.6 Å². The highest BCUT2D eigenvalue weighted by atomic mass is 16.6. The highest BCUT2D eigenvalue weighted by Gasteiger charge is 2.51. The third kappa shape index (κ3) is 7.16. The van der Waals surface area contributed by atoms with Gasteiger partial charge in [-0.15, -0.1) is 0 Å². The molecule has 0 saturated heterocycles. The Bertz CT molecular complexity index is 864. The van der Waals surface area contributed by atoms with E-state index in [4.69, 9.17) is 24.5 Å². The number of ether oxygens (including phenoxy) is 4. The van der Waals surface area contributed by atoms with Crippen LogP contribution in [0.3, 0.4) is 0 Å². The Morgan fingerprint density at radius 3 is 2.16 bits per heavy atom. The second kappa shape index (κ2) is 11.6. The van der Waals surface area contributed by atoms with Crippen LogP contribution in [-0.2, 0) is 42.9 Å². The SMILES string of the molecule is CC(=O)NC1C(N=[N+]=N)C(C)=C(C(=O)O)OC1C(OC(C)=O)C(COC(C)=O)OC(C)=O. The summed E-state index contributed by atoms with van der Waals surface area (Å²) in [5.74, 6) is -5.06. The number of nitrogens with one attached hydrogen (secondary N) is 2. The lowest BCUT2D eigenvalue weighted by molar-refractivity contribution is -0.188. The van der Waals surface area contributed by atoms with E-state index in [1.807, 2.05) is 0 Å². The zero-order valence-corrected chi connectivity index (χ0v) is 18.1. The van der Waals surface area contributed by atoms with Gasteiger partial charge in [0, 0.05) is 33.3 Å². The number of rotatable bonds is 9. The Morgan fingerprint density at radius 2 is 1.72 bits per heavy atom. The summed E-state index contributed by atoms with van der Waals surface area (Å²) in [7, 11) is 0. The zero-order valence-electron chi connectivity index (χ0n) is 18.1. The first-order valence-corrected chi connectivity index (χ1v) is 9.31. The highest BCUT2D eigenvalue weighted by molar-refractivity contribution is 5.86. The standard InChI is InChI=1S/C18H24N4O10/c1-7-13(21-22-19)14(20-8(2)23)17(32-15(7)18(27)28)16(31-11(5)26)12(30-10(4)25)6-29-9(3)24/h12-14,16-17,19H,6H2,1-5H3,(H-,20,23,27,28)/p+1. The van der Waals surface area contributed by atoms with Gasteiger partial charge in [-0.05, 0) is 6.92 Å². The van der Waals surface area contributed by atoms with Crippen molar-refractivity contribution in [3.63, 3.8) is 0 Å². The molecule has 0 spiro atoms. The van der Waals surface area contributed by atoms with Crippen molar-refractivity contribution >= 4 is 29.8 Å². The van der Waals surface area contributed by atoms with Gasteiger partial charge in [0.1, 0.15) is 23.3 Å². The molecule has 1 aliphatic heterocycles.